The van der Waals surface area contributed by atoms with Crippen molar-refractivity contribution < 1.29 is 13.9 Å². The maximum absolute atomic E-state index is 12.8. The van der Waals surface area contributed by atoms with Gasteiger partial charge in [-0.3, -0.25) is 4.79 Å². The molecule has 2 aromatic heterocycles. The molecule has 4 rings (SSSR count). The third-order valence-corrected chi connectivity index (χ3v) is 5.45. The maximum atomic E-state index is 12.8. The van der Waals surface area contributed by atoms with Gasteiger partial charge in [0.15, 0.2) is 5.69 Å². The number of amides is 1. The zero-order valence-electron chi connectivity index (χ0n) is 19.3. The van der Waals surface area contributed by atoms with Crippen LogP contribution in [-0.4, -0.2) is 32.5 Å². The number of nitrogens with zero attached hydrogens (tertiary/aromatic N) is 4. The molecule has 1 amide bonds. The summed E-state index contributed by atoms with van der Waals surface area (Å²) in [6.07, 6.45) is 0.824. The quantitative estimate of drug-likeness (QED) is 0.418. The molecule has 0 saturated carbocycles. The van der Waals surface area contributed by atoms with E-state index >= 15 is 0 Å². The van der Waals surface area contributed by atoms with Crippen molar-refractivity contribution >= 4 is 11.6 Å². The number of aryl methyl sites for hydroxylation is 2. The van der Waals surface area contributed by atoms with Crippen LogP contribution in [0.25, 0.3) is 11.5 Å². The number of hydrogen-bond acceptors (Lipinski definition) is 6. The van der Waals surface area contributed by atoms with E-state index in [0.29, 0.717) is 30.5 Å². The van der Waals surface area contributed by atoms with Crippen LogP contribution in [0.15, 0.2) is 52.9 Å². The van der Waals surface area contributed by atoms with E-state index in [1.54, 1.807) is 4.68 Å². The molecule has 0 unspecified atom stereocenters. The molecule has 170 valence electrons. The van der Waals surface area contributed by atoms with Gasteiger partial charge in [-0.25, -0.2) is 9.67 Å². The van der Waals surface area contributed by atoms with E-state index in [1.165, 1.54) is 0 Å². The van der Waals surface area contributed by atoms with Crippen LogP contribution < -0.4 is 10.1 Å². The van der Waals surface area contributed by atoms with Gasteiger partial charge in [-0.1, -0.05) is 30.3 Å². The van der Waals surface area contributed by atoms with Crippen LogP contribution in [0.1, 0.15) is 47.0 Å². The van der Waals surface area contributed by atoms with E-state index in [1.807, 2.05) is 76.2 Å². The molecule has 0 aliphatic heterocycles. The zero-order chi connectivity index (χ0) is 23.4. The normalized spacial score (nSPS) is 10.9. The molecule has 0 fully saturated rings. The Kier molecular flexibility index (Phi) is 6.53. The van der Waals surface area contributed by atoms with E-state index in [-0.39, 0.29) is 11.6 Å². The van der Waals surface area contributed by atoms with Crippen LogP contribution >= 0.6 is 0 Å². The average molecular weight is 446 g/mol. The second kappa shape index (κ2) is 9.68. The lowest BCUT2D eigenvalue weighted by Gasteiger charge is -2.08. The molecule has 0 spiro atoms. The maximum Gasteiger partial charge on any atom is 0.278 e. The van der Waals surface area contributed by atoms with Crippen LogP contribution in [0.3, 0.4) is 0 Å². The number of rotatable bonds is 8. The van der Waals surface area contributed by atoms with Gasteiger partial charge in [-0.05, 0) is 63.1 Å². The first kappa shape index (κ1) is 22.3. The second-order valence-electron chi connectivity index (χ2n) is 7.63. The molecule has 8 heteroatoms. The molecular weight excluding hydrogens is 418 g/mol. The van der Waals surface area contributed by atoms with Crippen LogP contribution in [0.2, 0.25) is 0 Å². The number of ether oxygens (including phenoxy) is 1. The number of anilines is 1. The number of carbonyl (C=O) groups excluding carboxylic acids is 1. The van der Waals surface area contributed by atoms with Gasteiger partial charge in [-0.15, -0.1) is 5.10 Å². The topological polar surface area (TPSA) is 95.1 Å². The smallest absolute Gasteiger partial charge is 0.278 e. The monoisotopic (exact) mass is 445 g/mol. The summed E-state index contributed by atoms with van der Waals surface area (Å²) in [5, 5.41) is 11.2. The van der Waals surface area contributed by atoms with Gasteiger partial charge in [0.1, 0.15) is 17.2 Å². The van der Waals surface area contributed by atoms with Crippen molar-refractivity contribution in [2.75, 3.05) is 11.9 Å². The Morgan fingerprint density at radius 2 is 1.85 bits per heavy atom. The fraction of sp³-hybridized carbons (Fsp3) is 0.280. The van der Waals surface area contributed by atoms with Gasteiger partial charge in [-0.2, -0.15) is 0 Å². The van der Waals surface area contributed by atoms with Gasteiger partial charge < -0.3 is 14.5 Å². The predicted molar refractivity (Wildman–Crippen MR) is 125 cm³/mol. The van der Waals surface area contributed by atoms with Crippen molar-refractivity contribution in [3.8, 4) is 17.2 Å². The number of hydrogen-bond donors (Lipinski definition) is 1. The number of carbonyl (C=O) groups is 1. The van der Waals surface area contributed by atoms with Crippen molar-refractivity contribution in [1.82, 2.24) is 20.0 Å². The van der Waals surface area contributed by atoms with E-state index in [0.717, 1.165) is 34.7 Å². The minimum Gasteiger partial charge on any atom is -0.494 e. The van der Waals surface area contributed by atoms with Crippen molar-refractivity contribution in [2.45, 2.75) is 40.7 Å². The molecule has 0 aliphatic carbocycles. The van der Waals surface area contributed by atoms with E-state index in [4.69, 9.17) is 9.15 Å². The Morgan fingerprint density at radius 3 is 2.58 bits per heavy atom. The zero-order valence-corrected chi connectivity index (χ0v) is 19.3. The van der Waals surface area contributed by atoms with Gasteiger partial charge in [0.25, 0.3) is 5.91 Å². The third kappa shape index (κ3) is 4.79. The summed E-state index contributed by atoms with van der Waals surface area (Å²) in [5.41, 5.74) is 4.38. The van der Waals surface area contributed by atoms with Crippen LogP contribution in [-0.2, 0) is 13.0 Å². The lowest BCUT2D eigenvalue weighted by molar-refractivity contribution is 0.102. The molecule has 8 nitrogen and oxygen atoms in total. The highest BCUT2D eigenvalue weighted by Crippen LogP contribution is 2.25. The average Bonchev–Trinajstić information content (AvgIpc) is 3.37. The number of aromatic nitrogens is 4. The molecular formula is C25H27N5O3. The molecule has 0 aliphatic rings. The SMILES string of the molecule is CCOc1ccc(-c2nc(Cn3nnc(C(=O)Nc4ccccc4CC)c3C)c(C)o2)cc1. The summed E-state index contributed by atoms with van der Waals surface area (Å²) in [7, 11) is 0. The molecule has 2 aromatic carbocycles. The Morgan fingerprint density at radius 1 is 1.09 bits per heavy atom. The minimum atomic E-state index is -0.286. The molecule has 0 atom stereocenters. The van der Waals surface area contributed by atoms with Crippen molar-refractivity contribution in [3.63, 3.8) is 0 Å². The second-order valence-corrected chi connectivity index (χ2v) is 7.63. The molecule has 0 saturated heterocycles. The summed E-state index contributed by atoms with van der Waals surface area (Å²) in [6.45, 7) is 8.65. The molecule has 0 radical (unpaired) electrons. The Hall–Kier alpha value is -3.94. The highest BCUT2D eigenvalue weighted by atomic mass is 16.5. The highest BCUT2D eigenvalue weighted by molar-refractivity contribution is 6.03. The van der Waals surface area contributed by atoms with Gasteiger partial charge in [0, 0.05) is 11.3 Å². The molecule has 1 N–H and O–H groups in total. The largest absolute Gasteiger partial charge is 0.494 e. The predicted octanol–water partition coefficient (Wildman–Crippen LogP) is 4.81. The highest BCUT2D eigenvalue weighted by Gasteiger charge is 2.20. The standard InChI is InChI=1S/C25H27N5O3/c1-5-18-9-7-8-10-21(18)26-24(31)23-16(3)30(29-28-23)15-22-17(4)33-25(27-22)19-11-13-20(14-12-19)32-6-2/h7-14H,5-6,15H2,1-4H3,(H,26,31). The minimum absolute atomic E-state index is 0.286. The summed E-state index contributed by atoms with van der Waals surface area (Å²) in [4.78, 5) is 17.5. The fourth-order valence-corrected chi connectivity index (χ4v) is 3.55. The van der Waals surface area contributed by atoms with Crippen molar-refractivity contribution in [3.05, 3.63) is 76.9 Å². The lowest BCUT2D eigenvalue weighted by atomic mass is 10.1. The van der Waals surface area contributed by atoms with E-state index < -0.39 is 0 Å². The number of oxazole rings is 1. The van der Waals surface area contributed by atoms with Crippen LogP contribution in [0.4, 0.5) is 5.69 Å². The summed E-state index contributed by atoms with van der Waals surface area (Å²) < 4.78 is 13.0. The summed E-state index contributed by atoms with van der Waals surface area (Å²) in [5.74, 6) is 1.73. The number of nitrogens with one attached hydrogen (secondary N) is 1. The Balaban J connectivity index is 1.51. The molecule has 0 bridgehead atoms. The molecule has 4 aromatic rings. The molecule has 2 heterocycles. The fourth-order valence-electron chi connectivity index (χ4n) is 3.55. The Labute approximate surface area is 192 Å². The van der Waals surface area contributed by atoms with Crippen molar-refractivity contribution in [2.24, 2.45) is 0 Å². The first-order valence-electron chi connectivity index (χ1n) is 11.0. The first-order valence-corrected chi connectivity index (χ1v) is 11.0. The van der Waals surface area contributed by atoms with E-state index in [2.05, 4.69) is 20.6 Å². The third-order valence-electron chi connectivity index (χ3n) is 5.45. The summed E-state index contributed by atoms with van der Waals surface area (Å²) in [6, 6.07) is 15.3. The summed E-state index contributed by atoms with van der Waals surface area (Å²) >= 11 is 0. The van der Waals surface area contributed by atoms with Gasteiger partial charge in [0.05, 0.1) is 18.8 Å². The van der Waals surface area contributed by atoms with Crippen LogP contribution in [0, 0.1) is 13.8 Å². The van der Waals surface area contributed by atoms with Crippen LogP contribution in [0.5, 0.6) is 5.75 Å². The molecule has 33 heavy (non-hydrogen) atoms. The number of para-hydroxylation sites is 1. The number of benzene rings is 2. The first-order chi connectivity index (χ1) is 16.0. The lowest BCUT2D eigenvalue weighted by Crippen LogP contribution is -2.15. The van der Waals surface area contributed by atoms with Gasteiger partial charge >= 0.3 is 0 Å². The van der Waals surface area contributed by atoms with Gasteiger partial charge in [0.2, 0.25) is 5.89 Å². The van der Waals surface area contributed by atoms with E-state index in [9.17, 15) is 4.79 Å². The van der Waals surface area contributed by atoms with Crippen molar-refractivity contribution in [1.29, 1.82) is 0 Å². The Bertz CT molecular complexity index is 1260.